The Hall–Kier alpha value is -2.67. The van der Waals surface area contributed by atoms with Gasteiger partial charge in [0.05, 0.1) is 19.3 Å². The lowest BCUT2D eigenvalue weighted by Crippen LogP contribution is -2.46. The number of rotatable bonds is 6. The van der Waals surface area contributed by atoms with E-state index in [1.807, 2.05) is 37.3 Å². The second-order valence-electron chi connectivity index (χ2n) is 6.09. The van der Waals surface area contributed by atoms with E-state index >= 15 is 0 Å². The lowest BCUT2D eigenvalue weighted by atomic mass is 10.2. The molecule has 1 aliphatic heterocycles. The highest BCUT2D eigenvalue weighted by molar-refractivity contribution is 5.92. The molecule has 1 amide bonds. The molecule has 1 aromatic heterocycles. The van der Waals surface area contributed by atoms with Gasteiger partial charge in [-0.25, -0.2) is 4.68 Å². The predicted molar refractivity (Wildman–Crippen MR) is 96.4 cm³/mol. The van der Waals surface area contributed by atoms with Gasteiger partial charge in [-0.3, -0.25) is 9.59 Å². The second kappa shape index (κ2) is 8.62. The number of hydrogen-bond donors (Lipinski definition) is 0. The van der Waals surface area contributed by atoms with Crippen LogP contribution in [0.1, 0.15) is 23.8 Å². The van der Waals surface area contributed by atoms with Crippen LogP contribution < -0.4 is 10.3 Å². The molecule has 0 saturated carbocycles. The number of carbonyl (C=O) groups is 1. The van der Waals surface area contributed by atoms with Crippen LogP contribution in [0.3, 0.4) is 0 Å². The Morgan fingerprint density at radius 2 is 2.08 bits per heavy atom. The standard InChI is InChI=1S/C19H23N3O4/c1-2-15-14-21(10-12-25-15)19(24)17-8-9-18(23)22(20-17)11-13-26-16-6-4-3-5-7-16/h3-9,15H,2,10-14H2,1H3/t15-/m1/s1. The van der Waals surface area contributed by atoms with E-state index in [0.717, 1.165) is 12.2 Å². The fourth-order valence-corrected chi connectivity index (χ4v) is 2.80. The number of ether oxygens (including phenoxy) is 2. The van der Waals surface area contributed by atoms with E-state index in [0.29, 0.717) is 26.3 Å². The van der Waals surface area contributed by atoms with Crippen molar-refractivity contribution in [2.45, 2.75) is 26.0 Å². The first-order valence-electron chi connectivity index (χ1n) is 8.84. The number of para-hydroxylation sites is 1. The zero-order valence-corrected chi connectivity index (χ0v) is 14.8. The Kier molecular flexibility index (Phi) is 6.01. The first kappa shape index (κ1) is 18.1. The van der Waals surface area contributed by atoms with Crippen LogP contribution in [-0.2, 0) is 11.3 Å². The molecule has 1 saturated heterocycles. The quantitative estimate of drug-likeness (QED) is 0.785. The second-order valence-corrected chi connectivity index (χ2v) is 6.09. The number of hydrogen-bond acceptors (Lipinski definition) is 5. The summed E-state index contributed by atoms with van der Waals surface area (Å²) in [7, 11) is 0. The van der Waals surface area contributed by atoms with E-state index in [2.05, 4.69) is 5.10 Å². The Morgan fingerprint density at radius 1 is 1.27 bits per heavy atom. The molecule has 0 aliphatic carbocycles. The summed E-state index contributed by atoms with van der Waals surface area (Å²) in [6.07, 6.45) is 0.908. The van der Waals surface area contributed by atoms with Gasteiger partial charge < -0.3 is 14.4 Å². The molecule has 1 fully saturated rings. The van der Waals surface area contributed by atoms with Crippen LogP contribution in [0.4, 0.5) is 0 Å². The Labute approximate surface area is 152 Å². The highest BCUT2D eigenvalue weighted by Gasteiger charge is 2.25. The van der Waals surface area contributed by atoms with Gasteiger partial charge in [-0.2, -0.15) is 5.10 Å². The minimum Gasteiger partial charge on any atom is -0.492 e. The molecule has 0 spiro atoms. The zero-order chi connectivity index (χ0) is 18.4. The summed E-state index contributed by atoms with van der Waals surface area (Å²) in [5.74, 6) is 0.552. The van der Waals surface area contributed by atoms with Crippen molar-refractivity contribution in [3.05, 3.63) is 58.5 Å². The summed E-state index contributed by atoms with van der Waals surface area (Å²) in [5.41, 5.74) is 0.00712. The van der Waals surface area contributed by atoms with Crippen LogP contribution in [0.2, 0.25) is 0 Å². The number of morpholine rings is 1. The van der Waals surface area contributed by atoms with Gasteiger partial charge in [0.15, 0.2) is 0 Å². The van der Waals surface area contributed by atoms with Crippen molar-refractivity contribution in [2.24, 2.45) is 0 Å². The summed E-state index contributed by atoms with van der Waals surface area (Å²) in [6.45, 7) is 4.21. The van der Waals surface area contributed by atoms with Crippen molar-refractivity contribution < 1.29 is 14.3 Å². The van der Waals surface area contributed by atoms with Crippen LogP contribution in [-0.4, -0.2) is 53.0 Å². The molecule has 7 nitrogen and oxygen atoms in total. The van der Waals surface area contributed by atoms with Gasteiger partial charge in [-0.15, -0.1) is 0 Å². The molecule has 7 heteroatoms. The molecule has 0 unspecified atom stereocenters. The zero-order valence-electron chi connectivity index (χ0n) is 14.8. The third kappa shape index (κ3) is 4.49. The first-order chi connectivity index (χ1) is 12.7. The highest BCUT2D eigenvalue weighted by atomic mass is 16.5. The van der Waals surface area contributed by atoms with Crippen LogP contribution in [0.15, 0.2) is 47.3 Å². The van der Waals surface area contributed by atoms with Crippen LogP contribution >= 0.6 is 0 Å². The van der Waals surface area contributed by atoms with E-state index in [-0.39, 0.29) is 29.8 Å². The molecule has 1 atom stereocenters. The van der Waals surface area contributed by atoms with Crippen molar-refractivity contribution >= 4 is 5.91 Å². The van der Waals surface area contributed by atoms with E-state index in [9.17, 15) is 9.59 Å². The first-order valence-corrected chi connectivity index (χ1v) is 8.84. The number of aromatic nitrogens is 2. The Bertz CT molecular complexity index is 791. The number of nitrogens with zero attached hydrogens (tertiary/aromatic N) is 3. The van der Waals surface area contributed by atoms with E-state index in [4.69, 9.17) is 9.47 Å². The van der Waals surface area contributed by atoms with Gasteiger partial charge in [0.1, 0.15) is 18.1 Å². The van der Waals surface area contributed by atoms with Gasteiger partial charge in [0.2, 0.25) is 0 Å². The minimum atomic E-state index is -0.258. The summed E-state index contributed by atoms with van der Waals surface area (Å²) in [4.78, 5) is 26.4. The number of carbonyl (C=O) groups excluding carboxylic acids is 1. The maximum Gasteiger partial charge on any atom is 0.274 e. The van der Waals surface area contributed by atoms with Gasteiger partial charge in [0, 0.05) is 19.2 Å². The predicted octanol–water partition coefficient (Wildman–Crippen LogP) is 1.57. The van der Waals surface area contributed by atoms with Crippen LogP contribution in [0.5, 0.6) is 5.75 Å². The molecule has 0 radical (unpaired) electrons. The highest BCUT2D eigenvalue weighted by Crippen LogP contribution is 2.11. The largest absolute Gasteiger partial charge is 0.492 e. The minimum absolute atomic E-state index is 0.0536. The number of benzene rings is 1. The maximum absolute atomic E-state index is 12.7. The summed E-state index contributed by atoms with van der Waals surface area (Å²) in [6, 6.07) is 12.2. The van der Waals surface area contributed by atoms with Crippen molar-refractivity contribution in [2.75, 3.05) is 26.3 Å². The average Bonchev–Trinajstić information content (AvgIpc) is 2.69. The fraction of sp³-hybridized carbons (Fsp3) is 0.421. The molecule has 3 rings (SSSR count). The fourth-order valence-electron chi connectivity index (χ4n) is 2.80. The third-order valence-corrected chi connectivity index (χ3v) is 4.28. The maximum atomic E-state index is 12.7. The van der Waals surface area contributed by atoms with Crippen LogP contribution in [0.25, 0.3) is 0 Å². The topological polar surface area (TPSA) is 73.7 Å². The summed E-state index contributed by atoms with van der Waals surface area (Å²) >= 11 is 0. The molecule has 0 N–H and O–H groups in total. The van der Waals surface area contributed by atoms with Crippen molar-refractivity contribution in [3.63, 3.8) is 0 Å². The van der Waals surface area contributed by atoms with Gasteiger partial charge in [0.25, 0.3) is 11.5 Å². The van der Waals surface area contributed by atoms with Gasteiger partial charge in [-0.05, 0) is 24.6 Å². The smallest absolute Gasteiger partial charge is 0.274 e. The van der Waals surface area contributed by atoms with Crippen molar-refractivity contribution in [3.8, 4) is 5.75 Å². The lowest BCUT2D eigenvalue weighted by Gasteiger charge is -2.32. The molecule has 26 heavy (non-hydrogen) atoms. The molecule has 1 aliphatic rings. The number of amides is 1. The summed E-state index contributed by atoms with van der Waals surface area (Å²) < 4.78 is 12.5. The monoisotopic (exact) mass is 357 g/mol. The molecular formula is C19H23N3O4. The lowest BCUT2D eigenvalue weighted by molar-refractivity contribution is -0.0229. The molecule has 1 aromatic carbocycles. The Balaban J connectivity index is 1.65. The molecule has 2 heterocycles. The van der Waals surface area contributed by atoms with Crippen molar-refractivity contribution in [1.82, 2.24) is 14.7 Å². The van der Waals surface area contributed by atoms with E-state index in [1.165, 1.54) is 16.8 Å². The molecule has 138 valence electrons. The molecule has 0 bridgehead atoms. The Morgan fingerprint density at radius 3 is 2.85 bits per heavy atom. The SMILES string of the molecule is CC[C@@H]1CN(C(=O)c2ccc(=O)n(CCOc3ccccc3)n2)CCO1. The molecular weight excluding hydrogens is 334 g/mol. The molecule has 2 aromatic rings. The normalized spacial score (nSPS) is 17.1. The van der Waals surface area contributed by atoms with Crippen molar-refractivity contribution in [1.29, 1.82) is 0 Å². The van der Waals surface area contributed by atoms with E-state index in [1.54, 1.807) is 4.90 Å². The average molecular weight is 357 g/mol. The van der Waals surface area contributed by atoms with Gasteiger partial charge in [-0.1, -0.05) is 25.1 Å². The van der Waals surface area contributed by atoms with Crippen LogP contribution in [0, 0.1) is 0 Å². The van der Waals surface area contributed by atoms with Gasteiger partial charge >= 0.3 is 0 Å². The third-order valence-electron chi connectivity index (χ3n) is 4.28. The van der Waals surface area contributed by atoms with E-state index < -0.39 is 0 Å². The summed E-state index contributed by atoms with van der Waals surface area (Å²) in [5, 5.41) is 4.22.